The summed E-state index contributed by atoms with van der Waals surface area (Å²) in [4.78, 5) is 0. The molecule has 2 N–H and O–H groups in total. The van der Waals surface area contributed by atoms with Crippen LogP contribution in [-0.2, 0) is 18.2 Å². The molecule has 1 saturated heterocycles. The van der Waals surface area contributed by atoms with Crippen LogP contribution in [0.3, 0.4) is 0 Å². The summed E-state index contributed by atoms with van der Waals surface area (Å²) in [5.41, 5.74) is 8.28. The molecule has 1 aliphatic heterocycles. The Labute approximate surface area is 84.0 Å². The first-order valence-corrected chi connectivity index (χ1v) is 5.13. The van der Waals surface area contributed by atoms with Gasteiger partial charge < -0.3 is 10.5 Å². The van der Waals surface area contributed by atoms with E-state index in [1.165, 1.54) is 5.56 Å². The lowest BCUT2D eigenvalue weighted by atomic mass is 9.99. The lowest BCUT2D eigenvalue weighted by Crippen LogP contribution is -2.02. The van der Waals surface area contributed by atoms with E-state index in [1.54, 1.807) is 4.68 Å². The molecule has 2 rings (SSSR count). The van der Waals surface area contributed by atoms with Crippen LogP contribution < -0.4 is 5.73 Å². The Morgan fingerprint density at radius 1 is 1.64 bits per heavy atom. The molecule has 4 heteroatoms. The predicted octanol–water partition coefficient (Wildman–Crippen LogP) is 1.07. The molecule has 78 valence electrons. The van der Waals surface area contributed by atoms with Gasteiger partial charge in [-0.15, -0.1) is 0 Å². The molecule has 1 fully saturated rings. The molecule has 0 radical (unpaired) electrons. The normalized spacial score (nSPS) is 21.7. The largest absolute Gasteiger partial charge is 0.384 e. The third-order valence-electron chi connectivity index (χ3n) is 2.89. The van der Waals surface area contributed by atoms with E-state index in [0.29, 0.717) is 5.92 Å². The summed E-state index contributed by atoms with van der Waals surface area (Å²) in [6.45, 7) is 3.76. The molecule has 0 amide bonds. The molecule has 1 unspecified atom stereocenters. The van der Waals surface area contributed by atoms with E-state index in [-0.39, 0.29) is 0 Å². The van der Waals surface area contributed by atoms with E-state index in [1.807, 2.05) is 7.05 Å². The van der Waals surface area contributed by atoms with Crippen molar-refractivity contribution >= 4 is 5.82 Å². The Bertz CT molecular complexity index is 326. The molecule has 0 bridgehead atoms. The van der Waals surface area contributed by atoms with Crippen LogP contribution in [0, 0.1) is 0 Å². The van der Waals surface area contributed by atoms with Crippen molar-refractivity contribution in [2.45, 2.75) is 25.7 Å². The van der Waals surface area contributed by atoms with Crippen LogP contribution in [0.4, 0.5) is 5.82 Å². The van der Waals surface area contributed by atoms with Crippen LogP contribution in [0.5, 0.6) is 0 Å². The van der Waals surface area contributed by atoms with Crippen LogP contribution >= 0.6 is 0 Å². The van der Waals surface area contributed by atoms with Crippen LogP contribution in [0.25, 0.3) is 0 Å². The van der Waals surface area contributed by atoms with Gasteiger partial charge in [-0.25, -0.2) is 0 Å². The number of anilines is 1. The van der Waals surface area contributed by atoms with Crippen molar-refractivity contribution in [3.8, 4) is 0 Å². The minimum Gasteiger partial charge on any atom is -0.384 e. The van der Waals surface area contributed by atoms with Crippen LogP contribution in [0.2, 0.25) is 0 Å². The maximum atomic E-state index is 5.94. The summed E-state index contributed by atoms with van der Waals surface area (Å²) in [7, 11) is 1.90. The number of ether oxygens (including phenoxy) is 1. The van der Waals surface area contributed by atoms with Crippen LogP contribution in [0.1, 0.15) is 30.5 Å². The van der Waals surface area contributed by atoms with E-state index < -0.39 is 0 Å². The quantitative estimate of drug-likeness (QED) is 0.768. The molecule has 1 aromatic rings. The lowest BCUT2D eigenvalue weighted by Gasteiger charge is -2.05. The zero-order chi connectivity index (χ0) is 10.1. The summed E-state index contributed by atoms with van der Waals surface area (Å²) in [6.07, 6.45) is 2.02. The van der Waals surface area contributed by atoms with Gasteiger partial charge in [0.15, 0.2) is 0 Å². The molecule has 4 nitrogen and oxygen atoms in total. The SMILES string of the molecule is CCc1c(C2CCOC2)nn(C)c1N. The zero-order valence-electron chi connectivity index (χ0n) is 8.79. The number of aryl methyl sites for hydroxylation is 1. The van der Waals surface area contributed by atoms with Gasteiger partial charge in [-0.1, -0.05) is 6.92 Å². The standard InChI is InChI=1S/C10H17N3O/c1-3-8-9(7-4-5-14-6-7)12-13(2)10(8)11/h7H,3-6,11H2,1-2H3. The van der Waals surface area contributed by atoms with Crippen LogP contribution in [0.15, 0.2) is 0 Å². The second-order valence-electron chi connectivity index (χ2n) is 3.79. The summed E-state index contributed by atoms with van der Waals surface area (Å²) >= 11 is 0. The highest BCUT2D eigenvalue weighted by Crippen LogP contribution is 2.29. The second-order valence-corrected chi connectivity index (χ2v) is 3.79. The zero-order valence-corrected chi connectivity index (χ0v) is 8.79. The monoisotopic (exact) mass is 195 g/mol. The van der Waals surface area contributed by atoms with E-state index in [4.69, 9.17) is 10.5 Å². The van der Waals surface area contributed by atoms with Gasteiger partial charge in [0.25, 0.3) is 0 Å². The first kappa shape index (κ1) is 9.52. The average Bonchev–Trinajstić information content (AvgIpc) is 2.76. The number of hydrogen-bond acceptors (Lipinski definition) is 3. The number of rotatable bonds is 2. The van der Waals surface area contributed by atoms with E-state index in [2.05, 4.69) is 12.0 Å². The molecule has 0 aliphatic carbocycles. The fourth-order valence-corrected chi connectivity index (χ4v) is 2.04. The number of hydrogen-bond donors (Lipinski definition) is 1. The smallest absolute Gasteiger partial charge is 0.124 e. The van der Waals surface area contributed by atoms with Crippen molar-refractivity contribution in [3.63, 3.8) is 0 Å². The third kappa shape index (κ3) is 1.39. The Balaban J connectivity index is 2.36. The fourth-order valence-electron chi connectivity index (χ4n) is 2.04. The Hall–Kier alpha value is -1.03. The van der Waals surface area contributed by atoms with Crippen molar-refractivity contribution in [3.05, 3.63) is 11.3 Å². The molecular formula is C10H17N3O. The van der Waals surface area contributed by atoms with E-state index >= 15 is 0 Å². The van der Waals surface area contributed by atoms with Crippen molar-refractivity contribution in [2.75, 3.05) is 18.9 Å². The molecule has 14 heavy (non-hydrogen) atoms. The topological polar surface area (TPSA) is 53.1 Å². The predicted molar refractivity (Wildman–Crippen MR) is 55.2 cm³/mol. The van der Waals surface area contributed by atoms with Crippen LogP contribution in [-0.4, -0.2) is 23.0 Å². The van der Waals surface area contributed by atoms with Gasteiger partial charge in [-0.05, 0) is 12.8 Å². The molecule has 0 spiro atoms. The minimum atomic E-state index is 0.452. The summed E-state index contributed by atoms with van der Waals surface area (Å²) < 4.78 is 7.14. The second kappa shape index (κ2) is 3.61. The highest BCUT2D eigenvalue weighted by Gasteiger charge is 2.24. The molecule has 1 atom stereocenters. The summed E-state index contributed by atoms with van der Waals surface area (Å²) in [6, 6.07) is 0. The fraction of sp³-hybridized carbons (Fsp3) is 0.700. The van der Waals surface area contributed by atoms with Crippen molar-refractivity contribution < 1.29 is 4.74 Å². The lowest BCUT2D eigenvalue weighted by molar-refractivity contribution is 0.193. The number of aromatic nitrogens is 2. The first-order chi connectivity index (χ1) is 6.74. The van der Waals surface area contributed by atoms with Crippen molar-refractivity contribution in [1.29, 1.82) is 0 Å². The van der Waals surface area contributed by atoms with E-state index in [9.17, 15) is 0 Å². The molecule has 2 heterocycles. The van der Waals surface area contributed by atoms with Gasteiger partial charge in [0.2, 0.25) is 0 Å². The Morgan fingerprint density at radius 2 is 2.43 bits per heavy atom. The number of nitrogen functional groups attached to an aromatic ring is 1. The third-order valence-corrected chi connectivity index (χ3v) is 2.89. The number of nitrogens with zero attached hydrogens (tertiary/aromatic N) is 2. The molecule has 0 saturated carbocycles. The molecular weight excluding hydrogens is 178 g/mol. The minimum absolute atomic E-state index is 0.452. The van der Waals surface area contributed by atoms with E-state index in [0.717, 1.165) is 37.6 Å². The van der Waals surface area contributed by atoms with Crippen molar-refractivity contribution in [2.24, 2.45) is 7.05 Å². The molecule has 0 aromatic carbocycles. The average molecular weight is 195 g/mol. The summed E-state index contributed by atoms with van der Waals surface area (Å²) in [5.74, 6) is 1.25. The first-order valence-electron chi connectivity index (χ1n) is 5.13. The van der Waals surface area contributed by atoms with Gasteiger partial charge in [0.05, 0.1) is 12.3 Å². The van der Waals surface area contributed by atoms with Gasteiger partial charge >= 0.3 is 0 Å². The Kier molecular flexibility index (Phi) is 2.46. The highest BCUT2D eigenvalue weighted by molar-refractivity contribution is 5.44. The molecule has 1 aliphatic rings. The number of nitrogens with two attached hydrogens (primary N) is 1. The van der Waals surface area contributed by atoms with Gasteiger partial charge in [0.1, 0.15) is 5.82 Å². The maximum Gasteiger partial charge on any atom is 0.124 e. The maximum absolute atomic E-state index is 5.94. The Morgan fingerprint density at radius 3 is 3.00 bits per heavy atom. The van der Waals surface area contributed by atoms with Gasteiger partial charge in [-0.3, -0.25) is 4.68 Å². The highest BCUT2D eigenvalue weighted by atomic mass is 16.5. The van der Waals surface area contributed by atoms with Gasteiger partial charge in [0, 0.05) is 25.1 Å². The van der Waals surface area contributed by atoms with Gasteiger partial charge in [-0.2, -0.15) is 5.10 Å². The summed E-state index contributed by atoms with van der Waals surface area (Å²) in [5, 5.41) is 4.47. The molecule has 1 aromatic heterocycles. The van der Waals surface area contributed by atoms with Crippen molar-refractivity contribution in [1.82, 2.24) is 9.78 Å².